The van der Waals surface area contributed by atoms with E-state index in [-0.39, 0.29) is 11.1 Å². The Bertz CT molecular complexity index is 1310. The Labute approximate surface area is 196 Å². The summed E-state index contributed by atoms with van der Waals surface area (Å²) in [5.74, 6) is 0.552. The number of fused-ring (bicyclic) bond motifs is 3. The molecule has 0 bridgehead atoms. The van der Waals surface area contributed by atoms with E-state index in [0.717, 1.165) is 33.1 Å². The van der Waals surface area contributed by atoms with Gasteiger partial charge in [0.25, 0.3) is 0 Å². The van der Waals surface area contributed by atoms with E-state index >= 15 is 0 Å². The number of amidine groups is 1. The molecule has 2 heterocycles. The maximum Gasteiger partial charge on any atom is 0.242 e. The Balaban J connectivity index is 1.57. The molecule has 0 aliphatic carbocycles. The van der Waals surface area contributed by atoms with Crippen LogP contribution in [-0.2, 0) is 10.6 Å². The smallest absolute Gasteiger partial charge is 0.242 e. The summed E-state index contributed by atoms with van der Waals surface area (Å²) in [5.41, 5.74) is 3.31. The number of rotatable bonds is 3. The van der Waals surface area contributed by atoms with Gasteiger partial charge in [0.05, 0.1) is 5.69 Å². The van der Waals surface area contributed by atoms with Crippen LogP contribution >= 0.6 is 11.8 Å². The van der Waals surface area contributed by atoms with E-state index in [2.05, 4.69) is 52.5 Å². The van der Waals surface area contributed by atoms with Crippen molar-refractivity contribution in [3.05, 3.63) is 132 Å². The van der Waals surface area contributed by atoms with E-state index in [1.54, 1.807) is 11.8 Å². The number of thioether (sulfide) groups is 1. The van der Waals surface area contributed by atoms with Crippen LogP contribution in [0, 0.1) is 5.82 Å². The molecule has 0 radical (unpaired) electrons. The second-order valence-corrected chi connectivity index (χ2v) is 9.43. The van der Waals surface area contributed by atoms with Crippen LogP contribution in [0.4, 0.5) is 10.1 Å². The zero-order valence-electron chi connectivity index (χ0n) is 17.8. The van der Waals surface area contributed by atoms with Gasteiger partial charge in [-0.25, -0.2) is 4.39 Å². The van der Waals surface area contributed by atoms with Crippen LogP contribution in [0.15, 0.2) is 119 Å². The third-order valence-corrected chi connectivity index (χ3v) is 7.51. The fourth-order valence-electron chi connectivity index (χ4n) is 4.63. The lowest BCUT2D eigenvalue weighted by Gasteiger charge is -2.37. The highest BCUT2D eigenvalue weighted by Crippen LogP contribution is 2.56. The number of hydrogen-bond donors (Lipinski definition) is 0. The van der Waals surface area contributed by atoms with E-state index in [9.17, 15) is 4.39 Å². The van der Waals surface area contributed by atoms with Gasteiger partial charge in [-0.15, -0.1) is 11.8 Å². The van der Waals surface area contributed by atoms with Crippen LogP contribution in [0.5, 0.6) is 0 Å². The number of oxime groups is 1. The maximum absolute atomic E-state index is 13.7. The summed E-state index contributed by atoms with van der Waals surface area (Å²) in [7, 11) is 0. The lowest BCUT2D eigenvalue weighted by atomic mass is 9.92. The standard InChI is InChI=1S/C28H21FN2OS/c29-23-17-15-20(16-18-23)26-19-28(22-11-5-2-6-12-22)31(24-13-7-8-14-25(24)33-26)27(30-32-28)21-9-3-1-4-10-21/h1-18,26H,19H2. The normalized spacial score (nSPS) is 21.4. The molecule has 2 aliphatic rings. The Morgan fingerprint density at radius 3 is 2.24 bits per heavy atom. The molecule has 3 nitrogen and oxygen atoms in total. The zero-order valence-corrected chi connectivity index (χ0v) is 18.6. The number of benzene rings is 4. The van der Waals surface area contributed by atoms with Crippen molar-refractivity contribution in [3.63, 3.8) is 0 Å². The molecule has 0 amide bonds. The van der Waals surface area contributed by atoms with Gasteiger partial charge in [0.1, 0.15) is 5.82 Å². The summed E-state index contributed by atoms with van der Waals surface area (Å²) in [6.07, 6.45) is 0.641. The van der Waals surface area contributed by atoms with Gasteiger partial charge in [-0.1, -0.05) is 90.1 Å². The molecule has 4 aromatic rings. The van der Waals surface area contributed by atoms with Crippen LogP contribution < -0.4 is 4.90 Å². The van der Waals surface area contributed by atoms with Gasteiger partial charge in [0.15, 0.2) is 5.84 Å². The Kier molecular flexibility index (Phi) is 4.92. The van der Waals surface area contributed by atoms with Gasteiger partial charge in [-0.3, -0.25) is 4.90 Å². The van der Waals surface area contributed by atoms with Crippen molar-refractivity contribution < 1.29 is 9.23 Å². The molecule has 0 spiro atoms. The van der Waals surface area contributed by atoms with E-state index in [0.29, 0.717) is 6.42 Å². The minimum atomic E-state index is -0.828. The molecule has 5 heteroatoms. The molecule has 4 aromatic carbocycles. The van der Waals surface area contributed by atoms with Gasteiger partial charge in [0.2, 0.25) is 5.72 Å². The van der Waals surface area contributed by atoms with Gasteiger partial charge in [-0.2, -0.15) is 0 Å². The van der Waals surface area contributed by atoms with Crippen molar-refractivity contribution in [1.82, 2.24) is 0 Å². The molecule has 0 fully saturated rings. The Morgan fingerprint density at radius 2 is 1.48 bits per heavy atom. The molecule has 162 valence electrons. The first-order valence-corrected chi connectivity index (χ1v) is 11.8. The lowest BCUT2D eigenvalue weighted by Crippen LogP contribution is -2.47. The molecular weight excluding hydrogens is 431 g/mol. The molecule has 6 rings (SSSR count). The fraction of sp³-hybridized carbons (Fsp3) is 0.107. The molecule has 0 aromatic heterocycles. The maximum atomic E-state index is 13.7. The Hall–Kier alpha value is -3.57. The van der Waals surface area contributed by atoms with E-state index in [1.807, 2.05) is 54.6 Å². The largest absolute Gasteiger partial charge is 0.360 e. The molecule has 0 N–H and O–H groups in total. The predicted octanol–water partition coefficient (Wildman–Crippen LogP) is 7.11. The van der Waals surface area contributed by atoms with Crippen molar-refractivity contribution in [2.24, 2.45) is 5.16 Å². The van der Waals surface area contributed by atoms with Gasteiger partial charge in [0, 0.05) is 27.7 Å². The molecule has 0 saturated carbocycles. The minimum absolute atomic E-state index is 0.0438. The monoisotopic (exact) mass is 452 g/mol. The second kappa shape index (κ2) is 8.09. The summed E-state index contributed by atoms with van der Waals surface area (Å²) < 4.78 is 13.7. The summed E-state index contributed by atoms with van der Waals surface area (Å²) in [4.78, 5) is 9.81. The number of anilines is 1. The highest BCUT2D eigenvalue weighted by Gasteiger charge is 2.52. The SMILES string of the molecule is Fc1ccc(C2CC3(c4ccccc4)ON=C(c4ccccc4)N3c3ccccc3S2)cc1. The van der Waals surface area contributed by atoms with Crippen molar-refractivity contribution in [2.75, 3.05) is 4.90 Å². The van der Waals surface area contributed by atoms with Crippen LogP contribution in [0.25, 0.3) is 0 Å². The van der Waals surface area contributed by atoms with E-state index in [4.69, 9.17) is 4.84 Å². The van der Waals surface area contributed by atoms with Gasteiger partial charge in [-0.05, 0) is 29.8 Å². The average Bonchev–Trinajstić information content (AvgIpc) is 3.18. The highest BCUT2D eigenvalue weighted by atomic mass is 32.2. The molecular formula is C28H21FN2OS. The van der Waals surface area contributed by atoms with Crippen molar-refractivity contribution in [1.29, 1.82) is 0 Å². The Morgan fingerprint density at radius 1 is 0.818 bits per heavy atom. The first-order valence-electron chi connectivity index (χ1n) is 10.9. The fourth-order valence-corrected chi connectivity index (χ4v) is 5.97. The molecule has 2 unspecified atom stereocenters. The van der Waals surface area contributed by atoms with Crippen LogP contribution in [0.2, 0.25) is 0 Å². The zero-order chi connectivity index (χ0) is 22.3. The number of nitrogens with zero attached hydrogens (tertiary/aromatic N) is 2. The number of para-hydroxylation sites is 1. The third kappa shape index (κ3) is 3.40. The highest BCUT2D eigenvalue weighted by molar-refractivity contribution is 7.99. The second-order valence-electron chi connectivity index (χ2n) is 8.19. The first-order chi connectivity index (χ1) is 16.2. The van der Waals surface area contributed by atoms with Crippen molar-refractivity contribution in [3.8, 4) is 0 Å². The summed E-state index contributed by atoms with van der Waals surface area (Å²) >= 11 is 1.78. The molecule has 0 saturated heterocycles. The average molecular weight is 453 g/mol. The summed E-state index contributed by atoms with van der Waals surface area (Å²) in [6.45, 7) is 0. The van der Waals surface area contributed by atoms with Crippen molar-refractivity contribution in [2.45, 2.75) is 22.3 Å². The van der Waals surface area contributed by atoms with E-state index in [1.165, 1.54) is 12.1 Å². The van der Waals surface area contributed by atoms with E-state index < -0.39 is 5.72 Å². The van der Waals surface area contributed by atoms with Gasteiger partial charge >= 0.3 is 0 Å². The van der Waals surface area contributed by atoms with Crippen molar-refractivity contribution >= 4 is 23.3 Å². The molecule has 2 atom stereocenters. The topological polar surface area (TPSA) is 24.8 Å². The quantitative estimate of drug-likeness (QED) is 0.331. The lowest BCUT2D eigenvalue weighted by molar-refractivity contribution is -0.0283. The summed E-state index contributed by atoms with van der Waals surface area (Å²) in [5, 5.41) is 4.70. The van der Waals surface area contributed by atoms with Crippen LogP contribution in [-0.4, -0.2) is 5.84 Å². The predicted molar refractivity (Wildman–Crippen MR) is 131 cm³/mol. The third-order valence-electron chi connectivity index (χ3n) is 6.19. The number of hydrogen-bond acceptors (Lipinski definition) is 4. The minimum Gasteiger partial charge on any atom is -0.360 e. The number of halogens is 1. The summed E-state index contributed by atoms with van der Waals surface area (Å²) in [6, 6.07) is 35.6. The van der Waals surface area contributed by atoms with Gasteiger partial charge < -0.3 is 4.84 Å². The first kappa shape index (κ1) is 20.1. The molecule has 2 aliphatic heterocycles. The van der Waals surface area contributed by atoms with Crippen LogP contribution in [0.1, 0.15) is 28.4 Å². The molecule has 33 heavy (non-hydrogen) atoms. The van der Waals surface area contributed by atoms with Crippen LogP contribution in [0.3, 0.4) is 0 Å².